The van der Waals surface area contributed by atoms with Gasteiger partial charge < -0.3 is 57.6 Å². The molecular weight excluding hydrogens is 772 g/mol. The standard InChI is InChI=1S/C40H59ClN8O9/c1-3-4-5-8-17-48(23-30(51)33(53)34(54)31(52)24-50)19-16-44-38(55)28-13-11-26(12-14-28)15-18-49(40(57)58)22-27(20-29-10-7-6-9-25(29)2)21-45-39(56)32-36(42)47-37(43)35(41)46-32/h6-7,9-14,27,30-31,33-34,50-54H,3-5,8,15-24H2,1-2H3,(H,44,55)(H,45,56)(H,57,58)(H4,42,43,47)/t27?,30-,31+,33+,34+/m0/s1. The number of aliphatic hydroxyl groups is 5. The van der Waals surface area contributed by atoms with E-state index in [0.717, 1.165) is 42.4 Å². The molecule has 1 heterocycles. The zero-order chi connectivity index (χ0) is 42.8. The molecule has 320 valence electrons. The Hall–Kier alpha value is -4.62. The van der Waals surface area contributed by atoms with Crippen molar-refractivity contribution in [1.82, 2.24) is 30.4 Å². The Bertz CT molecular complexity index is 1760. The second kappa shape index (κ2) is 24.3. The molecule has 2 aromatic carbocycles. The number of nitrogens with zero attached hydrogens (tertiary/aromatic N) is 4. The minimum Gasteiger partial charge on any atom is -0.465 e. The highest BCUT2D eigenvalue weighted by Gasteiger charge is 2.31. The fourth-order valence-electron chi connectivity index (χ4n) is 6.37. The summed E-state index contributed by atoms with van der Waals surface area (Å²) in [7, 11) is 0. The molecule has 1 unspecified atom stereocenters. The van der Waals surface area contributed by atoms with Gasteiger partial charge in [-0.05, 0) is 67.5 Å². The number of aryl methyl sites for hydroxylation is 1. The molecule has 18 heteroatoms. The molecule has 58 heavy (non-hydrogen) atoms. The first-order chi connectivity index (χ1) is 27.6. The van der Waals surface area contributed by atoms with Crippen molar-refractivity contribution in [3.05, 3.63) is 81.6 Å². The summed E-state index contributed by atoms with van der Waals surface area (Å²) in [4.78, 5) is 49.5. The van der Waals surface area contributed by atoms with E-state index < -0.39 is 43.0 Å². The molecule has 0 aliphatic heterocycles. The summed E-state index contributed by atoms with van der Waals surface area (Å²) in [6.07, 6.45) is -2.86. The maximum Gasteiger partial charge on any atom is 0.407 e. The van der Waals surface area contributed by atoms with Gasteiger partial charge in [-0.15, -0.1) is 0 Å². The Morgan fingerprint density at radius 3 is 2.17 bits per heavy atom. The van der Waals surface area contributed by atoms with Crippen molar-refractivity contribution in [3.8, 4) is 0 Å². The first kappa shape index (κ1) is 47.8. The highest BCUT2D eigenvalue weighted by molar-refractivity contribution is 6.31. The predicted molar refractivity (Wildman–Crippen MR) is 220 cm³/mol. The van der Waals surface area contributed by atoms with Crippen LogP contribution in [0.25, 0.3) is 0 Å². The number of carboxylic acid groups (broad SMARTS) is 1. The Morgan fingerprint density at radius 1 is 0.828 bits per heavy atom. The van der Waals surface area contributed by atoms with Crippen LogP contribution >= 0.6 is 11.6 Å². The monoisotopic (exact) mass is 830 g/mol. The SMILES string of the molecule is CCCCCCN(CCNC(=O)c1ccc(CCN(CC(CNC(=O)c2nc(Cl)c(N)nc2N)Cc2ccccc2C)C(=O)O)cc1)C[C@H](O)[C@@H](O)[C@H](O)[C@H](O)CO. The first-order valence-electron chi connectivity index (χ1n) is 19.5. The van der Waals surface area contributed by atoms with E-state index in [2.05, 4.69) is 27.5 Å². The number of benzene rings is 2. The molecule has 5 atom stereocenters. The topological polar surface area (TPSA) is 281 Å². The van der Waals surface area contributed by atoms with Crippen molar-refractivity contribution >= 4 is 41.1 Å². The van der Waals surface area contributed by atoms with Crippen molar-refractivity contribution in [2.75, 3.05) is 63.9 Å². The van der Waals surface area contributed by atoms with Crippen molar-refractivity contribution in [2.45, 2.75) is 76.8 Å². The van der Waals surface area contributed by atoms with Crippen LogP contribution in [0.3, 0.4) is 0 Å². The fourth-order valence-corrected chi connectivity index (χ4v) is 6.49. The summed E-state index contributed by atoms with van der Waals surface area (Å²) >= 11 is 5.96. The van der Waals surface area contributed by atoms with Crippen molar-refractivity contribution < 1.29 is 45.0 Å². The fraction of sp³-hybridized carbons (Fsp3) is 0.525. The van der Waals surface area contributed by atoms with Crippen LogP contribution in [0, 0.1) is 12.8 Å². The van der Waals surface area contributed by atoms with Crippen LogP contribution in [0.4, 0.5) is 16.4 Å². The molecule has 0 spiro atoms. The number of halogens is 1. The number of aromatic nitrogens is 2. The molecule has 3 rings (SSSR count). The lowest BCUT2D eigenvalue weighted by Crippen LogP contribution is -2.50. The minimum atomic E-state index is -1.73. The van der Waals surface area contributed by atoms with Crippen molar-refractivity contribution in [1.29, 1.82) is 0 Å². The summed E-state index contributed by atoms with van der Waals surface area (Å²) < 4.78 is 0. The maximum absolute atomic E-state index is 13.0. The molecule has 12 N–H and O–H groups in total. The number of carbonyl (C=O) groups is 3. The summed E-state index contributed by atoms with van der Waals surface area (Å²) in [5.41, 5.74) is 14.5. The predicted octanol–water partition coefficient (Wildman–Crippen LogP) is 1.46. The highest BCUT2D eigenvalue weighted by Crippen LogP contribution is 2.19. The summed E-state index contributed by atoms with van der Waals surface area (Å²) in [5.74, 6) is -1.59. The summed E-state index contributed by atoms with van der Waals surface area (Å²) in [6.45, 7) is 4.75. The first-order valence-corrected chi connectivity index (χ1v) is 19.8. The number of carbonyl (C=O) groups excluding carboxylic acids is 2. The summed E-state index contributed by atoms with van der Waals surface area (Å²) in [5, 5.41) is 65.3. The number of unbranched alkanes of at least 4 members (excludes halogenated alkanes) is 3. The normalized spacial score (nSPS) is 14.0. The van der Waals surface area contributed by atoms with E-state index in [0.29, 0.717) is 31.5 Å². The third-order valence-corrected chi connectivity index (χ3v) is 10.2. The lowest BCUT2D eigenvalue weighted by Gasteiger charge is -2.30. The molecular formula is C40H59ClN8O9. The number of hydrogen-bond acceptors (Lipinski definition) is 13. The molecule has 0 bridgehead atoms. The number of nitrogen functional groups attached to an aromatic ring is 2. The molecule has 0 saturated carbocycles. The number of nitrogens with one attached hydrogen (secondary N) is 2. The quantitative estimate of drug-likeness (QED) is 0.0542. The Labute approximate surface area is 344 Å². The zero-order valence-corrected chi connectivity index (χ0v) is 33.9. The van der Waals surface area contributed by atoms with Crippen molar-refractivity contribution in [2.24, 2.45) is 5.92 Å². The van der Waals surface area contributed by atoms with Gasteiger partial charge in [0, 0.05) is 44.8 Å². The molecule has 3 amide bonds. The molecule has 1 aromatic heterocycles. The molecule has 0 saturated heterocycles. The van der Waals surface area contributed by atoms with Crippen LogP contribution in [0.15, 0.2) is 48.5 Å². The minimum absolute atomic E-state index is 0.0228. The van der Waals surface area contributed by atoms with E-state index >= 15 is 0 Å². The van der Waals surface area contributed by atoms with Crippen LogP contribution in [0.2, 0.25) is 5.15 Å². The van der Waals surface area contributed by atoms with Crippen LogP contribution < -0.4 is 22.1 Å². The number of hydrogen-bond donors (Lipinski definition) is 10. The van der Waals surface area contributed by atoms with E-state index in [1.54, 1.807) is 24.3 Å². The number of anilines is 2. The average Bonchev–Trinajstić information content (AvgIpc) is 3.20. The third-order valence-electron chi connectivity index (χ3n) is 9.89. The molecule has 3 aromatic rings. The number of rotatable bonds is 25. The van der Waals surface area contributed by atoms with Gasteiger partial charge in [0.15, 0.2) is 22.5 Å². The Kier molecular flexibility index (Phi) is 20.0. The van der Waals surface area contributed by atoms with Crippen molar-refractivity contribution in [3.63, 3.8) is 0 Å². The van der Waals surface area contributed by atoms with E-state index in [-0.39, 0.29) is 67.0 Å². The van der Waals surface area contributed by atoms with E-state index in [9.17, 15) is 39.9 Å². The molecule has 0 aliphatic rings. The van der Waals surface area contributed by atoms with Gasteiger partial charge in [-0.3, -0.25) is 14.5 Å². The molecule has 0 aliphatic carbocycles. The smallest absolute Gasteiger partial charge is 0.407 e. The average molecular weight is 831 g/mol. The van der Waals surface area contributed by atoms with Gasteiger partial charge in [-0.25, -0.2) is 14.8 Å². The van der Waals surface area contributed by atoms with Crippen LogP contribution in [0.5, 0.6) is 0 Å². The molecule has 0 fully saturated rings. The lowest BCUT2D eigenvalue weighted by atomic mass is 9.95. The van der Waals surface area contributed by atoms with Crippen LogP contribution in [-0.2, 0) is 12.8 Å². The number of amides is 3. The maximum atomic E-state index is 13.0. The van der Waals surface area contributed by atoms with Gasteiger partial charge in [0.2, 0.25) is 0 Å². The highest BCUT2D eigenvalue weighted by atomic mass is 35.5. The van der Waals surface area contributed by atoms with Gasteiger partial charge in [0.25, 0.3) is 11.8 Å². The van der Waals surface area contributed by atoms with Gasteiger partial charge in [-0.1, -0.05) is 74.2 Å². The third kappa shape index (κ3) is 15.3. The largest absolute Gasteiger partial charge is 0.465 e. The zero-order valence-electron chi connectivity index (χ0n) is 33.1. The molecule has 17 nitrogen and oxygen atoms in total. The Morgan fingerprint density at radius 2 is 1.52 bits per heavy atom. The number of aliphatic hydroxyl groups excluding tert-OH is 5. The molecule has 0 radical (unpaired) electrons. The van der Waals surface area contributed by atoms with Crippen LogP contribution in [-0.4, -0.2) is 145 Å². The van der Waals surface area contributed by atoms with E-state index in [4.69, 9.17) is 28.2 Å². The van der Waals surface area contributed by atoms with E-state index in [1.807, 2.05) is 36.1 Å². The van der Waals surface area contributed by atoms with Gasteiger partial charge >= 0.3 is 6.09 Å². The Balaban J connectivity index is 1.60. The lowest BCUT2D eigenvalue weighted by molar-refractivity contribution is -0.119. The van der Waals surface area contributed by atoms with E-state index in [1.165, 1.54) is 4.90 Å². The van der Waals surface area contributed by atoms with Gasteiger partial charge in [-0.2, -0.15) is 0 Å². The van der Waals surface area contributed by atoms with Gasteiger partial charge in [0.05, 0.1) is 12.7 Å². The second-order valence-electron chi connectivity index (χ2n) is 14.4. The van der Waals surface area contributed by atoms with Gasteiger partial charge in [0.1, 0.15) is 18.3 Å². The number of nitrogens with two attached hydrogens (primary N) is 2. The second-order valence-corrected chi connectivity index (χ2v) is 14.8. The summed E-state index contributed by atoms with van der Waals surface area (Å²) in [6, 6.07) is 14.5. The van der Waals surface area contributed by atoms with Crippen LogP contribution in [0.1, 0.15) is 70.1 Å².